The van der Waals surface area contributed by atoms with Crippen LogP contribution in [0, 0.1) is 0 Å². The quantitative estimate of drug-likeness (QED) is 0.878. The van der Waals surface area contributed by atoms with E-state index in [1.165, 1.54) is 16.8 Å². The smallest absolute Gasteiger partial charge is 0.356 e. The number of carboxylic acid groups (broad SMARTS) is 1. The van der Waals surface area contributed by atoms with Crippen molar-refractivity contribution >= 4 is 5.97 Å². The maximum Gasteiger partial charge on any atom is 0.356 e. The minimum Gasteiger partial charge on any atom is -0.507 e. The van der Waals surface area contributed by atoms with Crippen LogP contribution in [0.4, 0.5) is 0 Å². The predicted octanol–water partition coefficient (Wildman–Crippen LogP) is 1.89. The third kappa shape index (κ3) is 2.37. The zero-order chi connectivity index (χ0) is 14.0. The first kappa shape index (κ1) is 12.9. The highest BCUT2D eigenvalue weighted by atomic mass is 16.5. The van der Waals surface area contributed by atoms with Gasteiger partial charge in [0.05, 0.1) is 17.9 Å². The van der Waals surface area contributed by atoms with E-state index in [1.807, 2.05) is 6.92 Å². The summed E-state index contributed by atoms with van der Waals surface area (Å²) < 4.78 is 6.85. The Hall–Kier alpha value is -2.50. The maximum absolute atomic E-state index is 10.9. The number of nitrogens with zero attached hydrogens (tertiary/aromatic N) is 2. The number of hydrogen-bond donors (Lipinski definition) is 2. The largest absolute Gasteiger partial charge is 0.507 e. The second kappa shape index (κ2) is 5.01. The van der Waals surface area contributed by atoms with Crippen LogP contribution in [0.5, 0.6) is 11.5 Å². The molecule has 0 aliphatic carbocycles. The van der Waals surface area contributed by atoms with Crippen molar-refractivity contribution in [3.63, 3.8) is 0 Å². The van der Waals surface area contributed by atoms with Crippen molar-refractivity contribution < 1.29 is 19.7 Å². The van der Waals surface area contributed by atoms with Gasteiger partial charge >= 0.3 is 5.97 Å². The molecule has 6 nitrogen and oxygen atoms in total. The molecular formula is C13H14N2O4. The van der Waals surface area contributed by atoms with Gasteiger partial charge in [0.2, 0.25) is 0 Å². The van der Waals surface area contributed by atoms with E-state index >= 15 is 0 Å². The highest BCUT2D eigenvalue weighted by molar-refractivity contribution is 5.88. The monoisotopic (exact) mass is 262 g/mol. The average molecular weight is 262 g/mol. The highest BCUT2D eigenvalue weighted by Crippen LogP contribution is 2.37. The number of aromatic nitrogens is 2. The molecule has 0 radical (unpaired) electrons. The molecule has 2 N–H and O–H groups in total. The molecule has 0 saturated heterocycles. The van der Waals surface area contributed by atoms with Gasteiger partial charge in [-0.1, -0.05) is 6.07 Å². The van der Waals surface area contributed by atoms with Gasteiger partial charge in [0, 0.05) is 7.05 Å². The Morgan fingerprint density at radius 2 is 2.21 bits per heavy atom. The molecule has 0 aliphatic heterocycles. The van der Waals surface area contributed by atoms with Crippen LogP contribution in [0.3, 0.4) is 0 Å². The number of rotatable bonds is 4. The van der Waals surface area contributed by atoms with Crippen LogP contribution < -0.4 is 4.74 Å². The number of phenols is 1. The molecule has 0 unspecified atom stereocenters. The lowest BCUT2D eigenvalue weighted by atomic mass is 10.1. The van der Waals surface area contributed by atoms with E-state index in [9.17, 15) is 9.90 Å². The van der Waals surface area contributed by atoms with Crippen molar-refractivity contribution in [2.45, 2.75) is 6.92 Å². The Kier molecular flexibility index (Phi) is 3.41. The third-order valence-electron chi connectivity index (χ3n) is 2.66. The Morgan fingerprint density at radius 1 is 1.47 bits per heavy atom. The fourth-order valence-electron chi connectivity index (χ4n) is 1.86. The van der Waals surface area contributed by atoms with Crippen molar-refractivity contribution in [1.82, 2.24) is 9.78 Å². The lowest BCUT2D eigenvalue weighted by Gasteiger charge is -2.11. The summed E-state index contributed by atoms with van der Waals surface area (Å²) in [5.41, 5.74) is 0.842. The summed E-state index contributed by atoms with van der Waals surface area (Å²) in [4.78, 5) is 10.9. The maximum atomic E-state index is 10.9. The van der Waals surface area contributed by atoms with Gasteiger partial charge in [-0.05, 0) is 25.1 Å². The molecule has 2 rings (SSSR count). The molecule has 0 atom stereocenters. The number of carbonyl (C=O) groups is 1. The molecule has 0 saturated carbocycles. The van der Waals surface area contributed by atoms with E-state index < -0.39 is 5.97 Å². The van der Waals surface area contributed by atoms with Crippen molar-refractivity contribution in [2.24, 2.45) is 7.05 Å². The number of aryl methyl sites for hydroxylation is 1. The predicted molar refractivity (Wildman–Crippen MR) is 68.4 cm³/mol. The van der Waals surface area contributed by atoms with Gasteiger partial charge in [-0.15, -0.1) is 0 Å². The van der Waals surface area contributed by atoms with Gasteiger partial charge in [0.1, 0.15) is 11.5 Å². The minimum atomic E-state index is -1.12. The number of phenolic OH excluding ortho intramolecular Hbond substituents is 1. The Labute approximate surface area is 109 Å². The molecule has 0 spiro atoms. The second-order valence-electron chi connectivity index (χ2n) is 3.93. The van der Waals surface area contributed by atoms with Gasteiger partial charge in [-0.25, -0.2) is 4.79 Å². The molecule has 100 valence electrons. The van der Waals surface area contributed by atoms with Gasteiger partial charge < -0.3 is 14.9 Å². The summed E-state index contributed by atoms with van der Waals surface area (Å²) in [6, 6.07) is 6.30. The molecular weight excluding hydrogens is 248 g/mol. The van der Waals surface area contributed by atoms with Gasteiger partial charge in [-0.2, -0.15) is 5.10 Å². The average Bonchev–Trinajstić information content (AvgIpc) is 2.72. The fourth-order valence-corrected chi connectivity index (χ4v) is 1.86. The van der Waals surface area contributed by atoms with Crippen molar-refractivity contribution in [3.8, 4) is 22.8 Å². The molecule has 0 amide bonds. The molecule has 1 aromatic heterocycles. The van der Waals surface area contributed by atoms with E-state index in [2.05, 4.69) is 5.10 Å². The topological polar surface area (TPSA) is 84.6 Å². The lowest BCUT2D eigenvalue weighted by Crippen LogP contribution is -2.00. The first-order chi connectivity index (χ1) is 9.04. The second-order valence-corrected chi connectivity index (χ2v) is 3.93. The number of hydrogen-bond acceptors (Lipinski definition) is 4. The van der Waals surface area contributed by atoms with Crippen LogP contribution >= 0.6 is 0 Å². The first-order valence-electron chi connectivity index (χ1n) is 5.77. The lowest BCUT2D eigenvalue weighted by molar-refractivity contribution is 0.0689. The van der Waals surface area contributed by atoms with Crippen LogP contribution in [-0.2, 0) is 7.05 Å². The van der Waals surface area contributed by atoms with E-state index in [-0.39, 0.29) is 11.4 Å². The molecule has 2 aromatic rings. The molecule has 1 heterocycles. The third-order valence-corrected chi connectivity index (χ3v) is 2.66. The first-order valence-corrected chi connectivity index (χ1v) is 5.77. The SMILES string of the molecule is CCOc1cccc(O)c1-c1cc(C(=O)O)nn1C. The highest BCUT2D eigenvalue weighted by Gasteiger charge is 2.18. The normalized spacial score (nSPS) is 10.4. The van der Waals surface area contributed by atoms with Gasteiger partial charge in [0.25, 0.3) is 0 Å². The molecule has 0 bridgehead atoms. The summed E-state index contributed by atoms with van der Waals surface area (Å²) in [6.07, 6.45) is 0. The van der Waals surface area contributed by atoms with Gasteiger partial charge in [-0.3, -0.25) is 4.68 Å². The zero-order valence-corrected chi connectivity index (χ0v) is 10.6. The standard InChI is InChI=1S/C13H14N2O4/c1-3-19-11-6-4-5-10(16)12(11)9-7-8(13(17)18)14-15(9)2/h4-7,16H,3H2,1-2H3,(H,17,18). The molecule has 0 fully saturated rings. The Morgan fingerprint density at radius 3 is 2.79 bits per heavy atom. The number of carboxylic acids is 1. The van der Waals surface area contributed by atoms with Crippen LogP contribution in [0.2, 0.25) is 0 Å². The van der Waals surface area contributed by atoms with E-state index in [0.29, 0.717) is 23.6 Å². The van der Waals surface area contributed by atoms with Crippen LogP contribution in [0.15, 0.2) is 24.3 Å². The van der Waals surface area contributed by atoms with Crippen molar-refractivity contribution in [2.75, 3.05) is 6.61 Å². The summed E-state index contributed by atoms with van der Waals surface area (Å²) >= 11 is 0. The van der Waals surface area contributed by atoms with Crippen molar-refractivity contribution in [1.29, 1.82) is 0 Å². The number of aromatic carboxylic acids is 1. The molecule has 0 aliphatic rings. The number of benzene rings is 1. The Balaban J connectivity index is 2.61. The van der Waals surface area contributed by atoms with Gasteiger partial charge in [0.15, 0.2) is 5.69 Å². The Bertz CT molecular complexity index is 619. The molecule has 6 heteroatoms. The van der Waals surface area contributed by atoms with Crippen LogP contribution in [0.1, 0.15) is 17.4 Å². The number of aromatic hydroxyl groups is 1. The van der Waals surface area contributed by atoms with E-state index in [4.69, 9.17) is 9.84 Å². The number of ether oxygens (including phenoxy) is 1. The van der Waals surface area contributed by atoms with E-state index in [1.54, 1.807) is 19.2 Å². The van der Waals surface area contributed by atoms with Crippen molar-refractivity contribution in [3.05, 3.63) is 30.0 Å². The summed E-state index contributed by atoms with van der Waals surface area (Å²) in [6.45, 7) is 2.28. The fraction of sp³-hybridized carbons (Fsp3) is 0.231. The molecule has 19 heavy (non-hydrogen) atoms. The summed E-state index contributed by atoms with van der Waals surface area (Å²) in [5.74, 6) is -0.608. The van der Waals surface area contributed by atoms with E-state index in [0.717, 1.165) is 0 Å². The summed E-state index contributed by atoms with van der Waals surface area (Å²) in [7, 11) is 1.62. The zero-order valence-electron chi connectivity index (χ0n) is 10.6. The summed E-state index contributed by atoms with van der Waals surface area (Å²) in [5, 5.41) is 22.8. The minimum absolute atomic E-state index is 0.0193. The molecule has 1 aromatic carbocycles. The van der Waals surface area contributed by atoms with Crippen LogP contribution in [0.25, 0.3) is 11.3 Å². The van der Waals surface area contributed by atoms with Crippen LogP contribution in [-0.4, -0.2) is 32.6 Å².